The quantitative estimate of drug-likeness (QED) is 0.902. The minimum Gasteiger partial charge on any atom is -0.493 e. The predicted octanol–water partition coefficient (Wildman–Crippen LogP) is 3.83. The van der Waals surface area contributed by atoms with Crippen LogP contribution >= 0.6 is 15.9 Å². The average molecular weight is 359 g/mol. The second-order valence-corrected chi connectivity index (χ2v) is 5.21. The summed E-state index contributed by atoms with van der Waals surface area (Å²) in [5.41, 5.74) is -0.113. The van der Waals surface area contributed by atoms with Crippen molar-refractivity contribution in [3.05, 3.63) is 57.6 Å². The van der Waals surface area contributed by atoms with E-state index in [1.54, 1.807) is 6.07 Å². The van der Waals surface area contributed by atoms with Crippen molar-refractivity contribution in [2.24, 2.45) is 0 Å². The maximum Gasteiger partial charge on any atom is 0.163 e. The van der Waals surface area contributed by atoms with E-state index in [0.717, 1.165) is 6.07 Å². The predicted molar refractivity (Wildman–Crippen MR) is 77.7 cm³/mol. The summed E-state index contributed by atoms with van der Waals surface area (Å²) in [6.45, 7) is 0. The summed E-state index contributed by atoms with van der Waals surface area (Å²) in [5, 5.41) is 10.2. The van der Waals surface area contributed by atoms with Gasteiger partial charge in [-0.05, 0) is 18.2 Å². The molecule has 0 aromatic heterocycles. The Labute approximate surface area is 129 Å². The van der Waals surface area contributed by atoms with Crippen LogP contribution in [0.4, 0.5) is 8.78 Å². The molecule has 1 N–H and O–H groups in total. The number of hydrogen-bond donors (Lipinski definition) is 1. The van der Waals surface area contributed by atoms with E-state index in [1.165, 1.54) is 32.4 Å². The van der Waals surface area contributed by atoms with E-state index in [9.17, 15) is 13.9 Å². The Morgan fingerprint density at radius 1 is 0.952 bits per heavy atom. The molecule has 1 unspecified atom stereocenters. The van der Waals surface area contributed by atoms with Gasteiger partial charge in [0, 0.05) is 21.7 Å². The van der Waals surface area contributed by atoms with Crippen LogP contribution < -0.4 is 9.47 Å². The highest BCUT2D eigenvalue weighted by Gasteiger charge is 2.21. The van der Waals surface area contributed by atoms with Crippen molar-refractivity contribution in [3.63, 3.8) is 0 Å². The van der Waals surface area contributed by atoms with E-state index >= 15 is 0 Å². The third kappa shape index (κ3) is 3.16. The van der Waals surface area contributed by atoms with Gasteiger partial charge >= 0.3 is 0 Å². The van der Waals surface area contributed by atoms with Crippen molar-refractivity contribution >= 4 is 15.9 Å². The van der Waals surface area contributed by atoms with Gasteiger partial charge in [-0.2, -0.15) is 0 Å². The smallest absolute Gasteiger partial charge is 0.163 e. The average Bonchev–Trinajstić information content (AvgIpc) is 2.46. The zero-order valence-corrected chi connectivity index (χ0v) is 12.9. The van der Waals surface area contributed by atoms with Crippen LogP contribution in [0.5, 0.6) is 11.5 Å². The molecule has 0 spiro atoms. The summed E-state index contributed by atoms with van der Waals surface area (Å²) in [6.07, 6.45) is -1.45. The van der Waals surface area contributed by atoms with Crippen LogP contribution in [0.2, 0.25) is 0 Å². The van der Waals surface area contributed by atoms with E-state index < -0.39 is 17.7 Å². The van der Waals surface area contributed by atoms with Crippen molar-refractivity contribution in [1.82, 2.24) is 0 Å². The molecule has 0 aliphatic carbocycles. The minimum atomic E-state index is -1.45. The van der Waals surface area contributed by atoms with Crippen molar-refractivity contribution in [2.75, 3.05) is 14.2 Å². The van der Waals surface area contributed by atoms with Crippen LogP contribution in [0.3, 0.4) is 0 Å². The molecule has 21 heavy (non-hydrogen) atoms. The SMILES string of the molecule is COc1cc(F)c(C(O)c2ccc(Br)cc2F)cc1OC. The van der Waals surface area contributed by atoms with Gasteiger partial charge in [0.1, 0.15) is 17.7 Å². The molecule has 2 aromatic carbocycles. The van der Waals surface area contributed by atoms with Gasteiger partial charge < -0.3 is 14.6 Å². The molecule has 0 aliphatic rings. The summed E-state index contributed by atoms with van der Waals surface area (Å²) in [4.78, 5) is 0. The third-order valence-corrected chi connectivity index (χ3v) is 3.55. The number of rotatable bonds is 4. The molecule has 6 heteroatoms. The first-order valence-corrected chi connectivity index (χ1v) is 6.81. The fraction of sp³-hybridized carbons (Fsp3) is 0.200. The number of aliphatic hydroxyl groups excluding tert-OH is 1. The highest BCUT2D eigenvalue weighted by atomic mass is 79.9. The monoisotopic (exact) mass is 358 g/mol. The lowest BCUT2D eigenvalue weighted by molar-refractivity contribution is 0.208. The van der Waals surface area contributed by atoms with Gasteiger partial charge in [-0.25, -0.2) is 8.78 Å². The molecule has 2 aromatic rings. The second-order valence-electron chi connectivity index (χ2n) is 4.30. The van der Waals surface area contributed by atoms with Gasteiger partial charge in [0.05, 0.1) is 14.2 Å². The van der Waals surface area contributed by atoms with Gasteiger partial charge in [-0.3, -0.25) is 0 Å². The molecular formula is C15H13BrF2O3. The van der Waals surface area contributed by atoms with Crippen LogP contribution in [-0.4, -0.2) is 19.3 Å². The van der Waals surface area contributed by atoms with E-state index in [-0.39, 0.29) is 22.6 Å². The zero-order valence-electron chi connectivity index (χ0n) is 11.4. The Hall–Kier alpha value is -1.66. The fourth-order valence-electron chi connectivity index (χ4n) is 1.97. The Morgan fingerprint density at radius 2 is 1.52 bits per heavy atom. The molecule has 0 bridgehead atoms. The zero-order chi connectivity index (χ0) is 15.6. The molecule has 0 saturated heterocycles. The van der Waals surface area contributed by atoms with Gasteiger partial charge in [-0.1, -0.05) is 22.0 Å². The van der Waals surface area contributed by atoms with E-state index in [0.29, 0.717) is 4.47 Å². The fourth-order valence-corrected chi connectivity index (χ4v) is 2.30. The highest BCUT2D eigenvalue weighted by Crippen LogP contribution is 2.35. The summed E-state index contributed by atoms with van der Waals surface area (Å²) >= 11 is 3.13. The molecule has 112 valence electrons. The molecule has 0 radical (unpaired) electrons. The molecule has 0 saturated carbocycles. The van der Waals surface area contributed by atoms with Crippen molar-refractivity contribution in [3.8, 4) is 11.5 Å². The lowest BCUT2D eigenvalue weighted by atomic mass is 10.00. The van der Waals surface area contributed by atoms with E-state index in [1.807, 2.05) is 0 Å². The summed E-state index contributed by atoms with van der Waals surface area (Å²) in [6, 6.07) is 6.55. The van der Waals surface area contributed by atoms with Crippen LogP contribution in [0.15, 0.2) is 34.8 Å². The van der Waals surface area contributed by atoms with Crippen LogP contribution in [0.25, 0.3) is 0 Å². The van der Waals surface area contributed by atoms with Crippen molar-refractivity contribution in [1.29, 1.82) is 0 Å². The second kappa shape index (κ2) is 6.41. The number of halogens is 3. The first-order valence-electron chi connectivity index (χ1n) is 6.02. The molecule has 1 atom stereocenters. The van der Waals surface area contributed by atoms with Crippen LogP contribution in [0, 0.1) is 11.6 Å². The van der Waals surface area contributed by atoms with Gasteiger partial charge in [0.2, 0.25) is 0 Å². The first-order chi connectivity index (χ1) is 9.97. The van der Waals surface area contributed by atoms with Crippen LogP contribution in [-0.2, 0) is 0 Å². The minimum absolute atomic E-state index is 0.0238. The molecule has 0 fully saturated rings. The Bertz CT molecular complexity index is 662. The topological polar surface area (TPSA) is 38.7 Å². The van der Waals surface area contributed by atoms with Crippen molar-refractivity contribution < 1.29 is 23.4 Å². The molecule has 3 nitrogen and oxygen atoms in total. The number of methoxy groups -OCH3 is 2. The summed E-state index contributed by atoms with van der Waals surface area (Å²) in [5.74, 6) is -0.888. The molecule has 0 aliphatic heterocycles. The standard InChI is InChI=1S/C15H13BrF2O3/c1-20-13-6-10(12(18)7-14(13)21-2)15(19)9-4-3-8(16)5-11(9)17/h3-7,15,19H,1-2H3. The first kappa shape index (κ1) is 15.7. The largest absolute Gasteiger partial charge is 0.493 e. The molecular weight excluding hydrogens is 346 g/mol. The number of hydrogen-bond acceptors (Lipinski definition) is 3. The van der Waals surface area contributed by atoms with E-state index in [2.05, 4.69) is 15.9 Å². The van der Waals surface area contributed by atoms with Gasteiger partial charge in [0.25, 0.3) is 0 Å². The normalized spacial score (nSPS) is 12.1. The van der Waals surface area contributed by atoms with Gasteiger partial charge in [-0.15, -0.1) is 0 Å². The maximum atomic E-state index is 14.1. The van der Waals surface area contributed by atoms with Crippen molar-refractivity contribution in [2.45, 2.75) is 6.10 Å². The molecule has 0 heterocycles. The van der Waals surface area contributed by atoms with Gasteiger partial charge in [0.15, 0.2) is 11.5 Å². The molecule has 0 amide bonds. The highest BCUT2D eigenvalue weighted by molar-refractivity contribution is 9.10. The third-order valence-electron chi connectivity index (χ3n) is 3.05. The molecule has 2 rings (SSSR count). The number of ether oxygens (including phenoxy) is 2. The number of benzene rings is 2. The maximum absolute atomic E-state index is 14.1. The summed E-state index contributed by atoms with van der Waals surface area (Å²) in [7, 11) is 2.77. The Kier molecular flexibility index (Phi) is 4.80. The van der Waals surface area contributed by atoms with E-state index in [4.69, 9.17) is 9.47 Å². The van der Waals surface area contributed by atoms with Crippen LogP contribution in [0.1, 0.15) is 17.2 Å². The summed E-state index contributed by atoms with van der Waals surface area (Å²) < 4.78 is 38.5. The lowest BCUT2D eigenvalue weighted by Gasteiger charge is -2.16. The Balaban J connectivity index is 2.50. The lowest BCUT2D eigenvalue weighted by Crippen LogP contribution is -2.06. The Morgan fingerprint density at radius 3 is 2.10 bits per heavy atom. The number of aliphatic hydroxyl groups is 1.